The molecule has 29 heavy (non-hydrogen) atoms. The van der Waals surface area contributed by atoms with E-state index in [9.17, 15) is 17.9 Å². The Morgan fingerprint density at radius 2 is 1.83 bits per heavy atom. The predicted octanol–water partition coefficient (Wildman–Crippen LogP) is 3.49. The zero-order valence-electron chi connectivity index (χ0n) is 17.1. The molecule has 1 atom stereocenters. The highest BCUT2D eigenvalue weighted by molar-refractivity contribution is 9.10. The number of aliphatic hydroxyl groups excluding tert-OH is 1. The van der Waals surface area contributed by atoms with Gasteiger partial charge in [0, 0.05) is 30.1 Å². The van der Waals surface area contributed by atoms with Gasteiger partial charge in [-0.15, -0.1) is 0 Å². The van der Waals surface area contributed by atoms with Gasteiger partial charge in [-0.3, -0.25) is 0 Å². The largest absolute Gasteiger partial charge is 0.390 e. The molecule has 0 aromatic heterocycles. The summed E-state index contributed by atoms with van der Waals surface area (Å²) in [5, 5.41) is 13.6. The number of aryl methyl sites for hydroxylation is 1. The lowest BCUT2D eigenvalue weighted by molar-refractivity contribution is 0.139. The predicted molar refractivity (Wildman–Crippen MR) is 117 cm³/mol. The summed E-state index contributed by atoms with van der Waals surface area (Å²) in [6, 6.07) is 11.5. The van der Waals surface area contributed by atoms with E-state index in [1.807, 2.05) is 19.9 Å². The summed E-state index contributed by atoms with van der Waals surface area (Å²) < 4.78 is 40.9. The quantitative estimate of drug-likeness (QED) is 0.569. The first-order valence-corrected chi connectivity index (χ1v) is 11.5. The molecule has 0 fully saturated rings. The number of nitrogens with zero attached hydrogens (tertiary/aromatic N) is 1. The fourth-order valence-electron chi connectivity index (χ4n) is 2.96. The van der Waals surface area contributed by atoms with Gasteiger partial charge >= 0.3 is 0 Å². The topological polar surface area (TPSA) is 69.6 Å². The normalized spacial score (nSPS) is 13.7. The number of rotatable bonds is 9. The molecule has 5 nitrogen and oxygen atoms in total. The Kier molecular flexibility index (Phi) is 7.98. The Morgan fingerprint density at radius 3 is 2.41 bits per heavy atom. The SMILES string of the molecule is Cc1ccc(CC(C)(C)NC[C@@H](O)CN(C)S(=O)(=O)c2ccc(Br)cc2)cc1F. The molecule has 0 spiro atoms. The standard InChI is InChI=1S/C21H28BrFN2O3S/c1-15-5-6-16(11-20(15)23)12-21(2,3)24-13-18(26)14-25(4)29(27,28)19-9-7-17(22)8-10-19/h5-11,18,24,26H,12-14H2,1-4H3/t18-/m1/s1. The van der Waals surface area contributed by atoms with E-state index in [1.54, 1.807) is 25.1 Å². The zero-order valence-corrected chi connectivity index (χ0v) is 19.5. The van der Waals surface area contributed by atoms with E-state index in [0.29, 0.717) is 12.0 Å². The number of benzene rings is 2. The van der Waals surface area contributed by atoms with Gasteiger partial charge in [0.1, 0.15) is 5.82 Å². The van der Waals surface area contributed by atoms with Crippen LogP contribution in [-0.4, -0.2) is 49.6 Å². The van der Waals surface area contributed by atoms with Gasteiger partial charge in [-0.1, -0.05) is 28.1 Å². The molecule has 2 aromatic rings. The Bertz CT molecular complexity index is 933. The van der Waals surface area contributed by atoms with Crippen LogP contribution in [0, 0.1) is 12.7 Å². The van der Waals surface area contributed by atoms with Crippen molar-refractivity contribution in [3.63, 3.8) is 0 Å². The van der Waals surface area contributed by atoms with E-state index in [0.717, 1.165) is 14.3 Å². The molecule has 160 valence electrons. The first-order chi connectivity index (χ1) is 13.4. The second-order valence-electron chi connectivity index (χ2n) is 7.92. The minimum absolute atomic E-state index is 0.0410. The van der Waals surface area contributed by atoms with Crippen LogP contribution in [0.4, 0.5) is 4.39 Å². The van der Waals surface area contributed by atoms with Crippen molar-refractivity contribution in [3.8, 4) is 0 Å². The molecule has 0 heterocycles. The van der Waals surface area contributed by atoms with Crippen molar-refractivity contribution in [2.24, 2.45) is 0 Å². The van der Waals surface area contributed by atoms with Crippen molar-refractivity contribution < 1.29 is 17.9 Å². The van der Waals surface area contributed by atoms with Gasteiger partial charge in [-0.05, 0) is 68.7 Å². The molecule has 0 unspecified atom stereocenters. The third-order valence-corrected chi connectivity index (χ3v) is 7.05. The summed E-state index contributed by atoms with van der Waals surface area (Å²) in [5.74, 6) is -0.238. The first kappa shape index (κ1) is 24.0. The van der Waals surface area contributed by atoms with Crippen LogP contribution in [0.5, 0.6) is 0 Å². The molecule has 2 N–H and O–H groups in total. The second kappa shape index (κ2) is 9.66. The van der Waals surface area contributed by atoms with Gasteiger partial charge in [0.2, 0.25) is 10.0 Å². The van der Waals surface area contributed by atoms with Crippen molar-refractivity contribution in [1.82, 2.24) is 9.62 Å². The van der Waals surface area contributed by atoms with Crippen LogP contribution < -0.4 is 5.32 Å². The van der Waals surface area contributed by atoms with Crippen LogP contribution in [0.3, 0.4) is 0 Å². The summed E-state index contributed by atoms with van der Waals surface area (Å²) in [4.78, 5) is 0.171. The average molecular weight is 487 g/mol. The molecule has 0 saturated carbocycles. The number of hydrogen-bond acceptors (Lipinski definition) is 4. The number of likely N-dealkylation sites (N-methyl/N-ethyl adjacent to an activating group) is 1. The van der Waals surface area contributed by atoms with Crippen molar-refractivity contribution in [3.05, 3.63) is 63.9 Å². The highest BCUT2D eigenvalue weighted by Crippen LogP contribution is 2.19. The van der Waals surface area contributed by atoms with E-state index in [-0.39, 0.29) is 23.8 Å². The fraction of sp³-hybridized carbons (Fsp3) is 0.429. The summed E-state index contributed by atoms with van der Waals surface area (Å²) in [5.41, 5.74) is 1.06. The molecule has 2 rings (SSSR count). The fourth-order valence-corrected chi connectivity index (χ4v) is 4.43. The van der Waals surface area contributed by atoms with Gasteiger partial charge in [-0.2, -0.15) is 4.31 Å². The maximum absolute atomic E-state index is 13.8. The van der Waals surface area contributed by atoms with Gasteiger partial charge in [-0.25, -0.2) is 12.8 Å². The Balaban J connectivity index is 1.92. The van der Waals surface area contributed by atoms with Crippen LogP contribution in [0.1, 0.15) is 25.0 Å². The van der Waals surface area contributed by atoms with E-state index in [1.165, 1.54) is 25.2 Å². The molecule has 0 saturated heterocycles. The molecule has 0 aliphatic heterocycles. The summed E-state index contributed by atoms with van der Waals surface area (Å²) in [6.07, 6.45) is -0.316. The molecule has 0 bridgehead atoms. The number of hydrogen-bond donors (Lipinski definition) is 2. The Labute approximate surface area is 181 Å². The third kappa shape index (κ3) is 6.86. The lowest BCUT2D eigenvalue weighted by atomic mass is 9.94. The number of nitrogens with one attached hydrogen (secondary N) is 1. The smallest absolute Gasteiger partial charge is 0.242 e. The number of aliphatic hydroxyl groups is 1. The first-order valence-electron chi connectivity index (χ1n) is 9.31. The summed E-state index contributed by atoms with van der Waals surface area (Å²) in [6.45, 7) is 5.80. The molecule has 2 aromatic carbocycles. The molecular formula is C21H28BrFN2O3S. The van der Waals surface area contributed by atoms with Crippen molar-refractivity contribution in [2.75, 3.05) is 20.1 Å². The molecule has 0 amide bonds. The van der Waals surface area contributed by atoms with Crippen LogP contribution in [0.25, 0.3) is 0 Å². The molecule has 8 heteroatoms. The second-order valence-corrected chi connectivity index (χ2v) is 10.9. The van der Waals surface area contributed by atoms with Crippen molar-refractivity contribution in [2.45, 2.75) is 43.7 Å². The number of β-amino-alcohol motifs (C(OH)–C–C–N with tert-alkyl or cyclic N) is 1. The van der Waals surface area contributed by atoms with E-state index < -0.39 is 21.7 Å². The monoisotopic (exact) mass is 486 g/mol. The number of halogens is 2. The number of sulfonamides is 1. The maximum atomic E-state index is 13.8. The van der Waals surface area contributed by atoms with E-state index in [4.69, 9.17) is 0 Å². The highest BCUT2D eigenvalue weighted by atomic mass is 79.9. The average Bonchev–Trinajstić information content (AvgIpc) is 2.63. The van der Waals surface area contributed by atoms with Gasteiger partial charge in [0.05, 0.1) is 11.0 Å². The van der Waals surface area contributed by atoms with Gasteiger partial charge < -0.3 is 10.4 Å². The van der Waals surface area contributed by atoms with Crippen LogP contribution in [0.2, 0.25) is 0 Å². The van der Waals surface area contributed by atoms with Gasteiger partial charge in [0.25, 0.3) is 0 Å². The molecular weight excluding hydrogens is 459 g/mol. The molecule has 0 aliphatic carbocycles. The highest BCUT2D eigenvalue weighted by Gasteiger charge is 2.25. The van der Waals surface area contributed by atoms with Crippen molar-refractivity contribution >= 4 is 26.0 Å². The third-order valence-electron chi connectivity index (χ3n) is 4.69. The molecule has 0 radical (unpaired) electrons. The Hall–Kier alpha value is -1.32. The lowest BCUT2D eigenvalue weighted by Crippen LogP contribution is -2.47. The lowest BCUT2D eigenvalue weighted by Gasteiger charge is -2.29. The van der Waals surface area contributed by atoms with Crippen LogP contribution >= 0.6 is 15.9 Å². The van der Waals surface area contributed by atoms with E-state index >= 15 is 0 Å². The van der Waals surface area contributed by atoms with Crippen LogP contribution in [-0.2, 0) is 16.4 Å². The summed E-state index contributed by atoms with van der Waals surface area (Å²) >= 11 is 3.28. The minimum Gasteiger partial charge on any atom is -0.390 e. The van der Waals surface area contributed by atoms with Gasteiger partial charge in [0.15, 0.2) is 0 Å². The zero-order chi connectivity index (χ0) is 21.8. The molecule has 0 aliphatic rings. The van der Waals surface area contributed by atoms with Crippen LogP contribution in [0.15, 0.2) is 51.8 Å². The van der Waals surface area contributed by atoms with E-state index in [2.05, 4.69) is 21.2 Å². The maximum Gasteiger partial charge on any atom is 0.242 e. The Morgan fingerprint density at radius 1 is 1.21 bits per heavy atom. The van der Waals surface area contributed by atoms with Crippen molar-refractivity contribution in [1.29, 1.82) is 0 Å². The summed E-state index contributed by atoms with van der Waals surface area (Å²) in [7, 11) is -2.23. The minimum atomic E-state index is -3.68.